The Morgan fingerprint density at radius 1 is 1.40 bits per heavy atom. The van der Waals surface area contributed by atoms with Crippen molar-refractivity contribution >= 4 is 17.3 Å². The van der Waals surface area contributed by atoms with Crippen LogP contribution in [-0.4, -0.2) is 34.9 Å². The molecule has 0 aliphatic rings. The third-order valence-corrected chi connectivity index (χ3v) is 3.05. The minimum Gasteiger partial charge on any atom is -0.379 e. The summed E-state index contributed by atoms with van der Waals surface area (Å²) in [5.41, 5.74) is 0.568. The van der Waals surface area contributed by atoms with Crippen molar-refractivity contribution in [2.24, 2.45) is 0 Å². The van der Waals surface area contributed by atoms with Gasteiger partial charge in [0.05, 0.1) is 10.5 Å². The Morgan fingerprint density at radius 3 is 2.50 bits per heavy atom. The third kappa shape index (κ3) is 3.26. The number of rotatable bonds is 6. The number of amides is 1. The van der Waals surface area contributed by atoms with Gasteiger partial charge in [0, 0.05) is 25.2 Å². The molecule has 6 heteroatoms. The van der Waals surface area contributed by atoms with Gasteiger partial charge in [-0.25, -0.2) is 0 Å². The highest BCUT2D eigenvalue weighted by atomic mass is 16.6. The molecule has 1 rings (SSSR count). The molecule has 0 aliphatic carbocycles. The van der Waals surface area contributed by atoms with Gasteiger partial charge in [-0.05, 0) is 33.8 Å². The fraction of sp³-hybridized carbons (Fsp3) is 0.500. The minimum atomic E-state index is -0.472. The number of nitrogens with one attached hydrogen (secondary N) is 1. The van der Waals surface area contributed by atoms with E-state index in [2.05, 4.69) is 5.32 Å². The van der Waals surface area contributed by atoms with E-state index >= 15 is 0 Å². The first kappa shape index (κ1) is 15.9. The van der Waals surface area contributed by atoms with Crippen molar-refractivity contribution in [2.45, 2.75) is 33.7 Å². The van der Waals surface area contributed by atoms with Gasteiger partial charge < -0.3 is 10.2 Å². The van der Waals surface area contributed by atoms with Crippen LogP contribution in [0.15, 0.2) is 18.2 Å². The molecule has 1 aromatic rings. The Balaban J connectivity index is 3.33. The fourth-order valence-electron chi connectivity index (χ4n) is 2.13. The molecule has 1 amide bonds. The molecule has 0 aliphatic heterocycles. The molecule has 0 aromatic heterocycles. The first-order chi connectivity index (χ1) is 9.43. The second kappa shape index (κ2) is 6.88. The summed E-state index contributed by atoms with van der Waals surface area (Å²) < 4.78 is 0. The molecule has 0 atom stereocenters. The largest absolute Gasteiger partial charge is 0.379 e. The average molecular weight is 279 g/mol. The van der Waals surface area contributed by atoms with Gasteiger partial charge in [-0.15, -0.1) is 0 Å². The number of para-hydroxylation sites is 1. The van der Waals surface area contributed by atoms with E-state index in [9.17, 15) is 14.9 Å². The Labute approximate surface area is 118 Å². The summed E-state index contributed by atoms with van der Waals surface area (Å²) in [6, 6.07) is 4.61. The van der Waals surface area contributed by atoms with Crippen LogP contribution < -0.4 is 5.32 Å². The average Bonchev–Trinajstić information content (AvgIpc) is 2.39. The topological polar surface area (TPSA) is 75.5 Å². The summed E-state index contributed by atoms with van der Waals surface area (Å²) in [5.74, 6) is -0.192. The molecule has 20 heavy (non-hydrogen) atoms. The van der Waals surface area contributed by atoms with Gasteiger partial charge in [-0.1, -0.05) is 6.07 Å². The maximum Gasteiger partial charge on any atom is 0.293 e. The number of nitro benzene ring substituents is 1. The van der Waals surface area contributed by atoms with Crippen molar-refractivity contribution in [2.75, 3.05) is 18.4 Å². The quantitative estimate of drug-likeness (QED) is 0.641. The van der Waals surface area contributed by atoms with Crippen LogP contribution in [0.5, 0.6) is 0 Å². The zero-order valence-electron chi connectivity index (χ0n) is 12.3. The van der Waals surface area contributed by atoms with Crippen LogP contribution in [0, 0.1) is 10.1 Å². The predicted molar refractivity (Wildman–Crippen MR) is 79.1 cm³/mol. The van der Waals surface area contributed by atoms with Crippen LogP contribution in [0.1, 0.15) is 38.1 Å². The molecule has 0 fully saturated rings. The molecule has 0 saturated heterocycles. The van der Waals surface area contributed by atoms with E-state index in [-0.39, 0.29) is 17.6 Å². The number of benzene rings is 1. The number of nitrogens with zero attached hydrogens (tertiary/aromatic N) is 2. The molecule has 0 radical (unpaired) electrons. The summed E-state index contributed by atoms with van der Waals surface area (Å²) in [4.78, 5) is 24.8. The van der Waals surface area contributed by atoms with Crippen molar-refractivity contribution in [3.63, 3.8) is 0 Å². The fourth-order valence-corrected chi connectivity index (χ4v) is 2.13. The standard InChI is InChI=1S/C14H21N3O3/c1-5-15-13-11(8-7-9-12(13)17(19)20)14(18)16(6-2)10(3)4/h7-10,15H,5-6H2,1-4H3. The number of hydrogen-bond donors (Lipinski definition) is 1. The molecular weight excluding hydrogens is 258 g/mol. The van der Waals surface area contributed by atoms with Crippen molar-refractivity contribution < 1.29 is 9.72 Å². The van der Waals surface area contributed by atoms with Crippen molar-refractivity contribution in [1.29, 1.82) is 0 Å². The molecule has 110 valence electrons. The number of anilines is 1. The molecule has 1 aromatic carbocycles. The predicted octanol–water partition coefficient (Wildman–Crippen LogP) is 2.90. The summed E-state index contributed by atoms with van der Waals surface area (Å²) >= 11 is 0. The second-order valence-electron chi connectivity index (χ2n) is 4.67. The third-order valence-electron chi connectivity index (χ3n) is 3.05. The summed E-state index contributed by atoms with van der Waals surface area (Å²) in [6.45, 7) is 8.65. The molecule has 0 bridgehead atoms. The van der Waals surface area contributed by atoms with Crippen LogP contribution in [0.2, 0.25) is 0 Å². The number of carbonyl (C=O) groups excluding carboxylic acids is 1. The van der Waals surface area contributed by atoms with Gasteiger partial charge in [0.2, 0.25) is 0 Å². The second-order valence-corrected chi connectivity index (χ2v) is 4.67. The van der Waals surface area contributed by atoms with Crippen molar-refractivity contribution in [3.05, 3.63) is 33.9 Å². The Bertz CT molecular complexity index is 500. The molecular formula is C14H21N3O3. The first-order valence-corrected chi connectivity index (χ1v) is 6.76. The molecule has 0 saturated carbocycles. The van der Waals surface area contributed by atoms with Crippen LogP contribution in [-0.2, 0) is 0 Å². The molecule has 0 spiro atoms. The zero-order valence-corrected chi connectivity index (χ0v) is 12.3. The Morgan fingerprint density at radius 2 is 2.05 bits per heavy atom. The normalized spacial score (nSPS) is 10.4. The molecule has 6 nitrogen and oxygen atoms in total. The van der Waals surface area contributed by atoms with Crippen LogP contribution >= 0.6 is 0 Å². The van der Waals surface area contributed by atoms with Crippen molar-refractivity contribution in [1.82, 2.24) is 4.90 Å². The summed E-state index contributed by atoms with van der Waals surface area (Å²) in [7, 11) is 0. The molecule has 1 N–H and O–H groups in total. The Hall–Kier alpha value is -2.11. The number of carbonyl (C=O) groups is 1. The van der Waals surface area contributed by atoms with Gasteiger partial charge >= 0.3 is 0 Å². The van der Waals surface area contributed by atoms with E-state index in [0.717, 1.165) is 0 Å². The minimum absolute atomic E-state index is 0.0428. The smallest absolute Gasteiger partial charge is 0.293 e. The summed E-state index contributed by atoms with van der Waals surface area (Å²) in [5, 5.41) is 14.0. The van der Waals surface area contributed by atoms with Crippen molar-refractivity contribution in [3.8, 4) is 0 Å². The lowest BCUT2D eigenvalue weighted by atomic mass is 10.1. The van der Waals surface area contributed by atoms with E-state index in [1.54, 1.807) is 17.0 Å². The van der Waals surface area contributed by atoms with E-state index in [1.165, 1.54) is 6.07 Å². The SMILES string of the molecule is CCNc1c(C(=O)N(CC)C(C)C)cccc1[N+](=O)[O-]. The van der Waals surface area contributed by atoms with Gasteiger partial charge in [0.1, 0.15) is 5.69 Å². The van der Waals surface area contributed by atoms with E-state index in [0.29, 0.717) is 24.3 Å². The van der Waals surface area contributed by atoms with Crippen LogP contribution in [0.3, 0.4) is 0 Å². The number of hydrogen-bond acceptors (Lipinski definition) is 4. The molecule has 0 heterocycles. The lowest BCUT2D eigenvalue weighted by Crippen LogP contribution is -2.37. The van der Waals surface area contributed by atoms with E-state index in [1.807, 2.05) is 27.7 Å². The highest BCUT2D eigenvalue weighted by Gasteiger charge is 2.25. The maximum atomic E-state index is 12.6. The Kier molecular flexibility index (Phi) is 5.49. The highest BCUT2D eigenvalue weighted by Crippen LogP contribution is 2.29. The summed E-state index contributed by atoms with van der Waals surface area (Å²) in [6.07, 6.45) is 0. The van der Waals surface area contributed by atoms with Gasteiger partial charge in [0.25, 0.3) is 11.6 Å². The van der Waals surface area contributed by atoms with Gasteiger partial charge in [0.15, 0.2) is 0 Å². The lowest BCUT2D eigenvalue weighted by Gasteiger charge is -2.26. The van der Waals surface area contributed by atoms with E-state index < -0.39 is 4.92 Å². The zero-order chi connectivity index (χ0) is 15.3. The van der Waals surface area contributed by atoms with Crippen LogP contribution in [0.4, 0.5) is 11.4 Å². The van der Waals surface area contributed by atoms with E-state index in [4.69, 9.17) is 0 Å². The van der Waals surface area contributed by atoms with Gasteiger partial charge in [-0.2, -0.15) is 0 Å². The molecule has 0 unspecified atom stereocenters. The maximum absolute atomic E-state index is 12.6. The monoisotopic (exact) mass is 279 g/mol. The number of nitro groups is 1. The van der Waals surface area contributed by atoms with Gasteiger partial charge in [-0.3, -0.25) is 14.9 Å². The highest BCUT2D eigenvalue weighted by molar-refractivity contribution is 6.01. The first-order valence-electron chi connectivity index (χ1n) is 6.76. The van der Waals surface area contributed by atoms with Crippen LogP contribution in [0.25, 0.3) is 0 Å². The lowest BCUT2D eigenvalue weighted by molar-refractivity contribution is -0.384.